The maximum Gasteiger partial charge on any atom is 0.194 e. The van der Waals surface area contributed by atoms with E-state index in [4.69, 9.17) is 10.5 Å². The van der Waals surface area contributed by atoms with E-state index < -0.39 is 23.5 Å². The van der Waals surface area contributed by atoms with Gasteiger partial charge in [-0.3, -0.25) is 0 Å². The molecule has 5 heteroatoms. The first kappa shape index (κ1) is 12.4. The highest BCUT2D eigenvalue weighted by atomic mass is 19.2. The zero-order valence-electron chi connectivity index (χ0n) is 9.26. The molecule has 17 heavy (non-hydrogen) atoms. The molecule has 1 heterocycles. The first-order valence-corrected chi connectivity index (χ1v) is 5.57. The van der Waals surface area contributed by atoms with Crippen molar-refractivity contribution in [3.8, 4) is 0 Å². The van der Waals surface area contributed by atoms with Crippen LogP contribution in [-0.4, -0.2) is 13.2 Å². The van der Waals surface area contributed by atoms with E-state index in [2.05, 4.69) is 0 Å². The average Bonchev–Trinajstić information content (AvgIpc) is 2.35. The van der Waals surface area contributed by atoms with Crippen molar-refractivity contribution in [1.82, 2.24) is 0 Å². The van der Waals surface area contributed by atoms with E-state index >= 15 is 0 Å². The smallest absolute Gasteiger partial charge is 0.194 e. The third-order valence-corrected chi connectivity index (χ3v) is 3.16. The maximum atomic E-state index is 13.1. The first-order chi connectivity index (χ1) is 8.09. The third kappa shape index (κ3) is 2.61. The van der Waals surface area contributed by atoms with Crippen LogP contribution >= 0.6 is 0 Å². The molecular formula is C12H14F3NO. The van der Waals surface area contributed by atoms with E-state index in [1.807, 2.05) is 0 Å². The summed E-state index contributed by atoms with van der Waals surface area (Å²) in [5, 5.41) is 0. The second-order valence-electron chi connectivity index (χ2n) is 4.27. The van der Waals surface area contributed by atoms with Gasteiger partial charge in [0, 0.05) is 19.3 Å². The van der Waals surface area contributed by atoms with Crippen molar-refractivity contribution in [1.29, 1.82) is 0 Å². The van der Waals surface area contributed by atoms with Crippen LogP contribution in [0.25, 0.3) is 0 Å². The number of halogens is 3. The van der Waals surface area contributed by atoms with Crippen LogP contribution in [0, 0.1) is 23.4 Å². The van der Waals surface area contributed by atoms with Gasteiger partial charge in [0.2, 0.25) is 0 Å². The molecule has 0 radical (unpaired) electrons. The number of rotatable bonds is 2. The van der Waals surface area contributed by atoms with Gasteiger partial charge in [-0.15, -0.1) is 0 Å². The Kier molecular flexibility index (Phi) is 3.69. The van der Waals surface area contributed by atoms with Gasteiger partial charge < -0.3 is 10.5 Å². The maximum absolute atomic E-state index is 13.1. The van der Waals surface area contributed by atoms with E-state index in [9.17, 15) is 13.2 Å². The highest BCUT2D eigenvalue weighted by molar-refractivity contribution is 5.23. The zero-order chi connectivity index (χ0) is 12.4. The van der Waals surface area contributed by atoms with E-state index in [1.54, 1.807) is 0 Å². The third-order valence-electron chi connectivity index (χ3n) is 3.16. The van der Waals surface area contributed by atoms with Gasteiger partial charge in [0.05, 0.1) is 0 Å². The monoisotopic (exact) mass is 245 g/mol. The topological polar surface area (TPSA) is 35.2 Å². The molecule has 2 nitrogen and oxygen atoms in total. The lowest BCUT2D eigenvalue weighted by molar-refractivity contribution is 0.0583. The second kappa shape index (κ2) is 5.06. The van der Waals surface area contributed by atoms with Crippen LogP contribution in [0.5, 0.6) is 0 Å². The van der Waals surface area contributed by atoms with Gasteiger partial charge in [-0.05, 0) is 36.5 Å². The Labute approximate surface area is 97.6 Å². The second-order valence-corrected chi connectivity index (χ2v) is 4.27. The largest absolute Gasteiger partial charge is 0.381 e. The summed E-state index contributed by atoms with van der Waals surface area (Å²) in [6, 6.07) is 1.46. The van der Waals surface area contributed by atoms with Gasteiger partial charge in [0.25, 0.3) is 0 Å². The molecule has 0 aliphatic carbocycles. The summed E-state index contributed by atoms with van der Waals surface area (Å²) in [6.45, 7) is 1.20. The van der Waals surface area contributed by atoms with Crippen molar-refractivity contribution in [2.24, 2.45) is 11.7 Å². The fourth-order valence-corrected chi connectivity index (χ4v) is 2.11. The van der Waals surface area contributed by atoms with E-state index in [1.165, 1.54) is 0 Å². The molecule has 2 rings (SSSR count). The van der Waals surface area contributed by atoms with E-state index in [-0.39, 0.29) is 5.92 Å². The van der Waals surface area contributed by atoms with Crippen molar-refractivity contribution in [2.75, 3.05) is 13.2 Å². The van der Waals surface area contributed by atoms with Crippen molar-refractivity contribution in [2.45, 2.75) is 18.9 Å². The van der Waals surface area contributed by atoms with Gasteiger partial charge in [-0.1, -0.05) is 0 Å². The predicted octanol–water partition coefficient (Wildman–Crippen LogP) is 2.53. The van der Waals surface area contributed by atoms with Crippen LogP contribution in [0.3, 0.4) is 0 Å². The highest BCUT2D eigenvalue weighted by Gasteiger charge is 2.24. The van der Waals surface area contributed by atoms with E-state index in [0.717, 1.165) is 25.0 Å². The summed E-state index contributed by atoms with van der Waals surface area (Å²) in [7, 11) is 0. The number of nitrogens with two attached hydrogens (primary N) is 1. The van der Waals surface area contributed by atoms with E-state index in [0.29, 0.717) is 18.8 Å². The summed E-state index contributed by atoms with van der Waals surface area (Å²) in [6.07, 6.45) is 1.50. The minimum atomic E-state index is -1.45. The fourth-order valence-electron chi connectivity index (χ4n) is 2.11. The molecule has 1 saturated heterocycles. The molecule has 0 aromatic heterocycles. The van der Waals surface area contributed by atoms with Crippen molar-refractivity contribution in [3.63, 3.8) is 0 Å². The molecule has 2 N–H and O–H groups in total. The molecule has 0 amide bonds. The summed E-state index contributed by atoms with van der Waals surface area (Å²) in [5.74, 6) is -3.72. The van der Waals surface area contributed by atoms with Gasteiger partial charge in [0.1, 0.15) is 0 Å². The lowest BCUT2D eigenvalue weighted by atomic mass is 9.88. The Balaban J connectivity index is 2.21. The molecule has 1 aromatic carbocycles. The molecule has 1 aromatic rings. The van der Waals surface area contributed by atoms with Gasteiger partial charge in [0.15, 0.2) is 17.5 Å². The van der Waals surface area contributed by atoms with Crippen LogP contribution in [0.4, 0.5) is 13.2 Å². The minimum absolute atomic E-state index is 0.119. The molecule has 1 atom stereocenters. The van der Waals surface area contributed by atoms with Gasteiger partial charge in [-0.2, -0.15) is 0 Å². The van der Waals surface area contributed by atoms with Crippen molar-refractivity contribution < 1.29 is 17.9 Å². The zero-order valence-corrected chi connectivity index (χ0v) is 9.26. The summed E-state index contributed by atoms with van der Waals surface area (Å²) in [4.78, 5) is 0. The number of benzene rings is 1. The van der Waals surface area contributed by atoms with Gasteiger partial charge >= 0.3 is 0 Å². The van der Waals surface area contributed by atoms with Crippen molar-refractivity contribution >= 4 is 0 Å². The molecule has 0 unspecified atom stereocenters. The Bertz CT molecular complexity index is 382. The SMILES string of the molecule is N[C@@H](c1cc(F)c(F)c(F)c1)C1CCOCC1. The predicted molar refractivity (Wildman–Crippen MR) is 56.8 cm³/mol. The Morgan fingerprint density at radius 2 is 1.65 bits per heavy atom. The molecule has 1 aliphatic rings. The normalized spacial score (nSPS) is 19.3. The van der Waals surface area contributed by atoms with Crippen LogP contribution in [0.1, 0.15) is 24.4 Å². The van der Waals surface area contributed by atoms with Crippen LogP contribution in [0.15, 0.2) is 12.1 Å². The molecular weight excluding hydrogens is 231 g/mol. The quantitative estimate of drug-likeness (QED) is 0.812. The van der Waals surface area contributed by atoms with Crippen LogP contribution < -0.4 is 5.73 Å². The number of ether oxygens (including phenoxy) is 1. The fraction of sp³-hybridized carbons (Fsp3) is 0.500. The molecule has 0 bridgehead atoms. The minimum Gasteiger partial charge on any atom is -0.381 e. The molecule has 94 valence electrons. The number of hydrogen-bond donors (Lipinski definition) is 1. The van der Waals surface area contributed by atoms with Gasteiger partial charge in [-0.25, -0.2) is 13.2 Å². The van der Waals surface area contributed by atoms with Crippen molar-refractivity contribution in [3.05, 3.63) is 35.1 Å². The number of hydrogen-bond acceptors (Lipinski definition) is 2. The lowest BCUT2D eigenvalue weighted by Crippen LogP contribution is -2.27. The van der Waals surface area contributed by atoms with Crippen LogP contribution in [0.2, 0.25) is 0 Å². The average molecular weight is 245 g/mol. The summed E-state index contributed by atoms with van der Waals surface area (Å²) >= 11 is 0. The standard InChI is InChI=1S/C12H14F3NO/c13-9-5-8(6-10(14)11(9)15)12(16)7-1-3-17-4-2-7/h5-7,12H,1-4,16H2/t12-/m1/s1. The highest BCUT2D eigenvalue weighted by Crippen LogP contribution is 2.29. The molecule has 0 saturated carbocycles. The molecule has 1 fully saturated rings. The Hall–Kier alpha value is -1.07. The Morgan fingerprint density at radius 3 is 2.18 bits per heavy atom. The summed E-state index contributed by atoms with van der Waals surface area (Å²) < 4.78 is 44.1. The lowest BCUT2D eigenvalue weighted by Gasteiger charge is -2.27. The molecule has 0 spiro atoms. The molecule has 1 aliphatic heterocycles. The first-order valence-electron chi connectivity index (χ1n) is 5.57. The summed E-state index contributed by atoms with van der Waals surface area (Å²) in [5.41, 5.74) is 6.25. The Morgan fingerprint density at radius 1 is 1.12 bits per heavy atom. The van der Waals surface area contributed by atoms with Crippen LogP contribution in [-0.2, 0) is 4.74 Å².